The van der Waals surface area contributed by atoms with Crippen LogP contribution < -0.4 is 4.74 Å². The molecule has 0 unspecified atom stereocenters. The maximum atomic E-state index is 12.3. The Labute approximate surface area is 159 Å². The van der Waals surface area contributed by atoms with Crippen molar-refractivity contribution in [1.29, 1.82) is 0 Å². The molecule has 26 heavy (non-hydrogen) atoms. The summed E-state index contributed by atoms with van der Waals surface area (Å²) in [7, 11) is 0. The van der Waals surface area contributed by atoms with E-state index < -0.39 is 5.97 Å². The number of carbonyl (C=O) groups is 2. The Hall–Kier alpha value is -2.60. The van der Waals surface area contributed by atoms with Gasteiger partial charge < -0.3 is 13.9 Å². The number of ether oxygens (including phenoxy) is 2. The van der Waals surface area contributed by atoms with Gasteiger partial charge in [0.05, 0.1) is 6.61 Å². The molecule has 0 saturated carbocycles. The summed E-state index contributed by atoms with van der Waals surface area (Å²) in [6, 6.07) is 12.2. The predicted octanol–water partition coefficient (Wildman–Crippen LogP) is 4.94. The molecule has 1 heterocycles. The summed E-state index contributed by atoms with van der Waals surface area (Å²) < 4.78 is 17.1. The number of aryl methyl sites for hydroxylation is 1. The predicted molar refractivity (Wildman–Crippen MR) is 101 cm³/mol. The Bertz CT molecular complexity index is 956. The van der Waals surface area contributed by atoms with Crippen LogP contribution in [0.25, 0.3) is 11.0 Å². The van der Waals surface area contributed by atoms with Crippen molar-refractivity contribution >= 4 is 38.7 Å². The molecule has 1 aromatic heterocycles. The van der Waals surface area contributed by atoms with Crippen LogP contribution in [0.2, 0.25) is 0 Å². The number of carbonyl (C=O) groups excluding carboxylic acids is 2. The van der Waals surface area contributed by atoms with E-state index in [1.807, 2.05) is 13.0 Å². The third-order valence-electron chi connectivity index (χ3n) is 3.90. The smallest absolute Gasteiger partial charge is 0.375 e. The lowest BCUT2D eigenvalue weighted by Gasteiger charge is -2.03. The van der Waals surface area contributed by atoms with Gasteiger partial charge in [0.1, 0.15) is 11.3 Å². The Kier molecular flexibility index (Phi) is 5.42. The Morgan fingerprint density at radius 2 is 1.85 bits per heavy atom. The molecular formula is C20H17BrO5. The van der Waals surface area contributed by atoms with Gasteiger partial charge in [0.15, 0.2) is 12.4 Å². The van der Waals surface area contributed by atoms with Gasteiger partial charge in [0.2, 0.25) is 5.76 Å². The summed E-state index contributed by atoms with van der Waals surface area (Å²) >= 11 is 3.31. The highest BCUT2D eigenvalue weighted by atomic mass is 79.9. The summed E-state index contributed by atoms with van der Waals surface area (Å²) in [5.41, 5.74) is 1.70. The molecule has 3 aromatic rings. The average Bonchev–Trinajstić information content (AvgIpc) is 2.97. The molecule has 0 aliphatic rings. The molecule has 0 aliphatic carbocycles. The van der Waals surface area contributed by atoms with Crippen LogP contribution in [0.5, 0.6) is 5.75 Å². The van der Waals surface area contributed by atoms with Crippen molar-refractivity contribution in [2.24, 2.45) is 0 Å². The fourth-order valence-corrected chi connectivity index (χ4v) is 2.83. The fraction of sp³-hybridized carbons (Fsp3) is 0.200. The average molecular weight is 417 g/mol. The highest BCUT2D eigenvalue weighted by Crippen LogP contribution is 2.29. The van der Waals surface area contributed by atoms with Crippen molar-refractivity contribution in [2.75, 3.05) is 13.2 Å². The number of esters is 1. The van der Waals surface area contributed by atoms with Gasteiger partial charge in [-0.1, -0.05) is 28.1 Å². The summed E-state index contributed by atoms with van der Waals surface area (Å²) in [5, 5.41) is 0.780. The van der Waals surface area contributed by atoms with Gasteiger partial charge in [-0.15, -0.1) is 0 Å². The van der Waals surface area contributed by atoms with E-state index in [4.69, 9.17) is 13.9 Å². The van der Waals surface area contributed by atoms with Crippen molar-refractivity contribution in [2.45, 2.75) is 13.8 Å². The van der Waals surface area contributed by atoms with Gasteiger partial charge in [0.25, 0.3) is 0 Å². The molecule has 0 bridgehead atoms. The standard InChI is InChI=1S/C20H17BrO5/c1-3-24-15-8-9-18-16(10-15)12(2)19(26-18)20(23)25-11-17(22)13-4-6-14(21)7-5-13/h4-10H,3,11H2,1-2H3. The highest BCUT2D eigenvalue weighted by molar-refractivity contribution is 9.10. The largest absolute Gasteiger partial charge is 0.494 e. The molecule has 0 saturated heterocycles. The van der Waals surface area contributed by atoms with E-state index in [-0.39, 0.29) is 18.2 Å². The fourth-order valence-electron chi connectivity index (χ4n) is 2.57. The van der Waals surface area contributed by atoms with E-state index >= 15 is 0 Å². The number of rotatable bonds is 6. The molecule has 0 amide bonds. The maximum Gasteiger partial charge on any atom is 0.375 e. The Balaban J connectivity index is 1.74. The lowest BCUT2D eigenvalue weighted by molar-refractivity contribution is 0.0445. The molecule has 2 aromatic carbocycles. The van der Waals surface area contributed by atoms with Crippen LogP contribution in [0.1, 0.15) is 33.4 Å². The number of hydrogen-bond donors (Lipinski definition) is 0. The van der Waals surface area contributed by atoms with Crippen molar-refractivity contribution in [3.05, 3.63) is 63.8 Å². The number of Topliss-reactive ketones (excluding diaryl/α,β-unsaturated/α-hetero) is 1. The normalized spacial score (nSPS) is 10.7. The summed E-state index contributed by atoms with van der Waals surface area (Å²) in [6.07, 6.45) is 0. The van der Waals surface area contributed by atoms with Crippen LogP contribution in [-0.4, -0.2) is 25.0 Å². The SMILES string of the molecule is CCOc1ccc2oc(C(=O)OCC(=O)c3ccc(Br)cc3)c(C)c2c1. The van der Waals surface area contributed by atoms with Crippen molar-refractivity contribution in [3.63, 3.8) is 0 Å². The molecule has 5 nitrogen and oxygen atoms in total. The van der Waals surface area contributed by atoms with Gasteiger partial charge in [0, 0.05) is 21.0 Å². The summed E-state index contributed by atoms with van der Waals surface area (Å²) in [5.74, 6) is -0.146. The van der Waals surface area contributed by atoms with E-state index in [0.717, 1.165) is 9.86 Å². The first-order valence-electron chi connectivity index (χ1n) is 8.11. The molecule has 0 fully saturated rings. The Morgan fingerprint density at radius 3 is 2.54 bits per heavy atom. The van der Waals surface area contributed by atoms with Gasteiger partial charge in [-0.25, -0.2) is 4.79 Å². The molecule has 6 heteroatoms. The summed E-state index contributed by atoms with van der Waals surface area (Å²) in [4.78, 5) is 24.5. The number of furan rings is 1. The first kappa shape index (κ1) is 18.2. The van der Waals surface area contributed by atoms with Gasteiger partial charge >= 0.3 is 5.97 Å². The lowest BCUT2D eigenvalue weighted by atomic mass is 10.1. The second-order valence-electron chi connectivity index (χ2n) is 5.65. The summed E-state index contributed by atoms with van der Waals surface area (Å²) in [6.45, 7) is 3.88. The first-order valence-corrected chi connectivity index (χ1v) is 8.90. The van der Waals surface area contributed by atoms with E-state index in [1.165, 1.54) is 0 Å². The monoisotopic (exact) mass is 416 g/mol. The maximum absolute atomic E-state index is 12.3. The quantitative estimate of drug-likeness (QED) is 0.420. The van der Waals surface area contributed by atoms with E-state index in [9.17, 15) is 9.59 Å². The number of benzene rings is 2. The number of ketones is 1. The second-order valence-corrected chi connectivity index (χ2v) is 6.57. The van der Waals surface area contributed by atoms with Crippen LogP contribution in [0.4, 0.5) is 0 Å². The second kappa shape index (κ2) is 7.74. The number of fused-ring (bicyclic) bond motifs is 1. The minimum absolute atomic E-state index is 0.0947. The van der Waals surface area contributed by atoms with Crippen LogP contribution >= 0.6 is 15.9 Å². The highest BCUT2D eigenvalue weighted by Gasteiger charge is 2.20. The van der Waals surface area contributed by atoms with Gasteiger partial charge in [-0.2, -0.15) is 0 Å². The third kappa shape index (κ3) is 3.80. The molecule has 0 aliphatic heterocycles. The minimum atomic E-state index is -0.665. The Morgan fingerprint density at radius 1 is 1.12 bits per heavy atom. The van der Waals surface area contributed by atoms with Crippen LogP contribution in [0, 0.1) is 6.92 Å². The molecule has 0 atom stereocenters. The molecular weight excluding hydrogens is 400 g/mol. The zero-order valence-electron chi connectivity index (χ0n) is 14.4. The zero-order valence-corrected chi connectivity index (χ0v) is 16.0. The van der Waals surface area contributed by atoms with Crippen LogP contribution in [-0.2, 0) is 4.74 Å². The minimum Gasteiger partial charge on any atom is -0.494 e. The third-order valence-corrected chi connectivity index (χ3v) is 4.43. The zero-order chi connectivity index (χ0) is 18.7. The van der Waals surface area contributed by atoms with Crippen LogP contribution in [0.15, 0.2) is 51.4 Å². The number of halogens is 1. The van der Waals surface area contributed by atoms with Crippen molar-refractivity contribution < 1.29 is 23.5 Å². The molecule has 0 radical (unpaired) electrons. The van der Waals surface area contributed by atoms with Gasteiger partial charge in [-0.05, 0) is 44.2 Å². The molecule has 3 rings (SSSR count). The van der Waals surface area contributed by atoms with E-state index in [1.54, 1.807) is 43.3 Å². The lowest BCUT2D eigenvalue weighted by Crippen LogP contribution is -2.14. The van der Waals surface area contributed by atoms with Gasteiger partial charge in [-0.3, -0.25) is 4.79 Å². The topological polar surface area (TPSA) is 65.7 Å². The molecule has 0 spiro atoms. The van der Waals surface area contributed by atoms with E-state index in [0.29, 0.717) is 29.1 Å². The molecule has 134 valence electrons. The number of hydrogen-bond acceptors (Lipinski definition) is 5. The van der Waals surface area contributed by atoms with E-state index in [2.05, 4.69) is 15.9 Å². The van der Waals surface area contributed by atoms with Crippen LogP contribution in [0.3, 0.4) is 0 Å². The van der Waals surface area contributed by atoms with Crippen molar-refractivity contribution in [3.8, 4) is 5.75 Å². The molecule has 0 N–H and O–H groups in total. The van der Waals surface area contributed by atoms with Crippen molar-refractivity contribution in [1.82, 2.24) is 0 Å². The first-order chi connectivity index (χ1) is 12.5.